The Bertz CT molecular complexity index is 1060. The number of aryl methyl sites for hydroxylation is 1. The minimum atomic E-state index is 0.0385. The zero-order chi connectivity index (χ0) is 21.0. The van der Waals surface area contributed by atoms with Crippen LogP contribution in [-0.4, -0.2) is 32.1 Å². The maximum absolute atomic E-state index is 12.8. The third kappa shape index (κ3) is 5.26. The summed E-state index contributed by atoms with van der Waals surface area (Å²) >= 11 is 17.4. The number of nitrogens with one attached hydrogen (secondary N) is 1. The van der Waals surface area contributed by atoms with Crippen LogP contribution in [0, 0.1) is 11.7 Å². The van der Waals surface area contributed by atoms with Crippen molar-refractivity contribution >= 4 is 41.3 Å². The molecular weight excluding hydrogens is 427 g/mol. The summed E-state index contributed by atoms with van der Waals surface area (Å²) in [6, 6.07) is 13.5. The van der Waals surface area contributed by atoms with Gasteiger partial charge in [0.15, 0.2) is 10.6 Å². The molecule has 3 aromatic rings. The van der Waals surface area contributed by atoms with Gasteiger partial charge in [0, 0.05) is 31.6 Å². The van der Waals surface area contributed by atoms with Crippen LogP contribution in [0.15, 0.2) is 42.5 Å². The number of hydrogen-bond donors (Lipinski definition) is 1. The normalized spacial score (nSPS) is 10.9. The van der Waals surface area contributed by atoms with Crippen molar-refractivity contribution in [1.29, 1.82) is 0 Å². The van der Waals surface area contributed by atoms with E-state index in [0.717, 1.165) is 17.0 Å². The summed E-state index contributed by atoms with van der Waals surface area (Å²) in [5.74, 6) is 0.770. The van der Waals surface area contributed by atoms with E-state index in [9.17, 15) is 4.79 Å². The van der Waals surface area contributed by atoms with Gasteiger partial charge in [0.1, 0.15) is 0 Å². The number of aromatic nitrogens is 3. The van der Waals surface area contributed by atoms with Crippen LogP contribution in [-0.2, 0) is 17.9 Å². The van der Waals surface area contributed by atoms with Gasteiger partial charge in [-0.05, 0) is 43.8 Å². The summed E-state index contributed by atoms with van der Waals surface area (Å²) in [5, 5.41) is 8.16. The summed E-state index contributed by atoms with van der Waals surface area (Å²) in [7, 11) is 0. The van der Waals surface area contributed by atoms with Crippen LogP contribution in [0.5, 0.6) is 0 Å². The number of rotatable bonds is 7. The summed E-state index contributed by atoms with van der Waals surface area (Å²) < 4.78 is 2.37. The van der Waals surface area contributed by atoms with Crippen molar-refractivity contribution in [3.05, 3.63) is 68.4 Å². The van der Waals surface area contributed by atoms with Crippen LogP contribution in [0.4, 0.5) is 0 Å². The number of amides is 1. The first kappa shape index (κ1) is 21.6. The molecule has 8 heteroatoms. The molecule has 152 valence electrons. The van der Waals surface area contributed by atoms with Gasteiger partial charge in [-0.3, -0.25) is 14.5 Å². The molecule has 0 atom stereocenters. The van der Waals surface area contributed by atoms with E-state index in [0.29, 0.717) is 40.9 Å². The van der Waals surface area contributed by atoms with Gasteiger partial charge in [0.25, 0.3) is 0 Å². The van der Waals surface area contributed by atoms with E-state index in [-0.39, 0.29) is 5.91 Å². The van der Waals surface area contributed by atoms with Gasteiger partial charge < -0.3 is 4.90 Å². The van der Waals surface area contributed by atoms with Crippen molar-refractivity contribution in [3.63, 3.8) is 0 Å². The highest BCUT2D eigenvalue weighted by atomic mass is 35.5. The number of carbonyl (C=O) groups is 1. The predicted octanol–water partition coefficient (Wildman–Crippen LogP) is 5.66. The van der Waals surface area contributed by atoms with Crippen LogP contribution < -0.4 is 0 Å². The van der Waals surface area contributed by atoms with E-state index in [1.54, 1.807) is 17.0 Å². The van der Waals surface area contributed by atoms with Crippen molar-refractivity contribution in [2.45, 2.75) is 33.4 Å². The highest BCUT2D eigenvalue weighted by Gasteiger charge is 2.15. The van der Waals surface area contributed by atoms with Gasteiger partial charge in [0.05, 0.1) is 10.0 Å². The van der Waals surface area contributed by atoms with E-state index >= 15 is 0 Å². The fourth-order valence-electron chi connectivity index (χ4n) is 3.05. The Morgan fingerprint density at radius 2 is 1.90 bits per heavy atom. The average molecular weight is 449 g/mol. The van der Waals surface area contributed by atoms with Crippen LogP contribution in [0.25, 0.3) is 11.4 Å². The summed E-state index contributed by atoms with van der Waals surface area (Å²) in [4.78, 5) is 14.6. The van der Waals surface area contributed by atoms with Crippen molar-refractivity contribution in [1.82, 2.24) is 19.7 Å². The fraction of sp³-hybridized carbons (Fsp3) is 0.286. The molecule has 0 bridgehead atoms. The highest BCUT2D eigenvalue weighted by molar-refractivity contribution is 7.71. The first-order chi connectivity index (χ1) is 13.9. The number of nitrogens with zero attached hydrogens (tertiary/aromatic N) is 3. The van der Waals surface area contributed by atoms with Crippen LogP contribution in [0.2, 0.25) is 10.0 Å². The SMILES string of the molecule is CCN(Cc1ccc(Cl)c(Cl)c1)C(=O)CCn1c(-c2ccc(C)cc2)n[nH]c1=S. The Morgan fingerprint density at radius 1 is 1.17 bits per heavy atom. The molecule has 1 amide bonds. The first-order valence-electron chi connectivity index (χ1n) is 9.33. The lowest BCUT2D eigenvalue weighted by Crippen LogP contribution is -2.31. The minimum absolute atomic E-state index is 0.0385. The molecule has 1 N–H and O–H groups in total. The molecule has 0 unspecified atom stereocenters. The number of halogens is 2. The summed E-state index contributed by atoms with van der Waals surface area (Å²) in [5.41, 5.74) is 3.07. The standard InChI is InChI=1S/C21H22Cl2N4OS/c1-3-26(13-15-6-9-17(22)18(23)12-15)19(28)10-11-27-20(24-25-21(27)29)16-7-4-14(2)5-8-16/h4-9,12H,3,10-11,13H2,1-2H3,(H,25,29). The molecule has 0 radical (unpaired) electrons. The molecule has 2 aromatic carbocycles. The maximum Gasteiger partial charge on any atom is 0.224 e. The summed E-state index contributed by atoms with van der Waals surface area (Å²) in [6.45, 7) is 5.52. The minimum Gasteiger partial charge on any atom is -0.339 e. The topological polar surface area (TPSA) is 53.9 Å². The molecule has 3 rings (SSSR count). The lowest BCUT2D eigenvalue weighted by molar-refractivity contribution is -0.131. The van der Waals surface area contributed by atoms with Gasteiger partial charge in [-0.1, -0.05) is 59.1 Å². The molecule has 5 nitrogen and oxygen atoms in total. The zero-order valence-corrected chi connectivity index (χ0v) is 18.6. The summed E-state index contributed by atoms with van der Waals surface area (Å²) in [6.07, 6.45) is 0.321. The lowest BCUT2D eigenvalue weighted by Gasteiger charge is -2.21. The number of H-pyrrole nitrogens is 1. The van der Waals surface area contributed by atoms with Crippen LogP contribution in [0.3, 0.4) is 0 Å². The zero-order valence-electron chi connectivity index (χ0n) is 16.3. The van der Waals surface area contributed by atoms with Gasteiger partial charge in [-0.25, -0.2) is 0 Å². The molecule has 0 aliphatic rings. The Balaban J connectivity index is 1.71. The Hall–Kier alpha value is -2.15. The van der Waals surface area contributed by atoms with Crippen molar-refractivity contribution < 1.29 is 4.79 Å². The number of carbonyl (C=O) groups excluding carboxylic acids is 1. The van der Waals surface area contributed by atoms with E-state index in [2.05, 4.69) is 10.2 Å². The second kappa shape index (κ2) is 9.57. The molecular formula is C21H22Cl2N4OS. The lowest BCUT2D eigenvalue weighted by atomic mass is 10.1. The van der Waals surface area contributed by atoms with E-state index < -0.39 is 0 Å². The third-order valence-electron chi connectivity index (χ3n) is 4.71. The monoisotopic (exact) mass is 448 g/mol. The smallest absolute Gasteiger partial charge is 0.224 e. The van der Waals surface area contributed by atoms with Crippen molar-refractivity contribution in [3.8, 4) is 11.4 Å². The second-order valence-electron chi connectivity index (χ2n) is 6.78. The number of hydrogen-bond acceptors (Lipinski definition) is 3. The van der Waals surface area contributed by atoms with Crippen LogP contribution >= 0.6 is 35.4 Å². The Labute approximate surface area is 185 Å². The number of aromatic amines is 1. The van der Waals surface area contributed by atoms with Gasteiger partial charge in [0.2, 0.25) is 5.91 Å². The molecule has 0 saturated carbocycles. The Kier molecular flexibility index (Phi) is 7.11. The maximum atomic E-state index is 12.8. The van der Waals surface area contributed by atoms with E-state index in [1.165, 1.54) is 5.56 Å². The molecule has 0 aliphatic carbocycles. The molecule has 0 saturated heterocycles. The second-order valence-corrected chi connectivity index (χ2v) is 7.98. The van der Waals surface area contributed by atoms with E-state index in [1.807, 2.05) is 48.7 Å². The van der Waals surface area contributed by atoms with Gasteiger partial charge in [-0.15, -0.1) is 0 Å². The predicted molar refractivity (Wildman–Crippen MR) is 120 cm³/mol. The van der Waals surface area contributed by atoms with Gasteiger partial charge >= 0.3 is 0 Å². The van der Waals surface area contributed by atoms with Crippen molar-refractivity contribution in [2.24, 2.45) is 0 Å². The first-order valence-corrected chi connectivity index (χ1v) is 10.5. The Morgan fingerprint density at radius 3 is 2.55 bits per heavy atom. The third-order valence-corrected chi connectivity index (χ3v) is 5.76. The van der Waals surface area contributed by atoms with Gasteiger partial charge in [-0.2, -0.15) is 5.10 Å². The molecule has 1 aromatic heterocycles. The van der Waals surface area contributed by atoms with E-state index in [4.69, 9.17) is 35.4 Å². The molecule has 0 aliphatic heterocycles. The molecule has 0 spiro atoms. The van der Waals surface area contributed by atoms with Crippen molar-refractivity contribution in [2.75, 3.05) is 6.54 Å². The van der Waals surface area contributed by atoms with Crippen LogP contribution in [0.1, 0.15) is 24.5 Å². The average Bonchev–Trinajstić information content (AvgIpc) is 3.08. The number of benzene rings is 2. The molecule has 29 heavy (non-hydrogen) atoms. The highest BCUT2D eigenvalue weighted by Crippen LogP contribution is 2.23. The molecule has 1 heterocycles. The molecule has 0 fully saturated rings. The fourth-order valence-corrected chi connectivity index (χ4v) is 3.59. The quantitative estimate of drug-likeness (QED) is 0.474. The largest absolute Gasteiger partial charge is 0.339 e.